The molecule has 2 aromatic carbocycles. The summed E-state index contributed by atoms with van der Waals surface area (Å²) in [4.78, 5) is 8.35. The van der Waals surface area contributed by atoms with Crippen molar-refractivity contribution in [2.45, 2.75) is 22.6 Å². The Balaban J connectivity index is 1.50. The highest BCUT2D eigenvalue weighted by atomic mass is 32.2. The van der Waals surface area contributed by atoms with E-state index in [9.17, 15) is 18.6 Å². The van der Waals surface area contributed by atoms with Gasteiger partial charge < -0.3 is 10.2 Å². The highest BCUT2D eigenvalue weighted by Gasteiger charge is 2.18. The summed E-state index contributed by atoms with van der Waals surface area (Å²) in [6, 6.07) is 24.1. The summed E-state index contributed by atoms with van der Waals surface area (Å²) in [5.74, 6) is 0. The van der Waals surface area contributed by atoms with Crippen molar-refractivity contribution in [1.29, 1.82) is 0 Å². The molecule has 0 fully saturated rings. The Bertz CT molecular complexity index is 1670. The number of rotatable bonds is 10. The van der Waals surface area contributed by atoms with Crippen LogP contribution in [-0.2, 0) is 22.7 Å². The molecule has 9 heteroatoms. The van der Waals surface area contributed by atoms with E-state index in [0.29, 0.717) is 17.7 Å². The number of thiophene rings is 3. The van der Waals surface area contributed by atoms with Gasteiger partial charge in [0.25, 0.3) is 0 Å². The van der Waals surface area contributed by atoms with Crippen molar-refractivity contribution >= 4 is 55.6 Å². The van der Waals surface area contributed by atoms with E-state index < -0.39 is 9.84 Å². The molecule has 202 valence electrons. The Kier molecular flexibility index (Phi) is 8.78. The second kappa shape index (κ2) is 12.1. The van der Waals surface area contributed by atoms with E-state index >= 15 is 0 Å². The van der Waals surface area contributed by atoms with Crippen LogP contribution in [0.3, 0.4) is 0 Å². The maximum atomic E-state index is 11.9. The summed E-state index contributed by atoms with van der Waals surface area (Å²) in [5.41, 5.74) is 4.35. The van der Waals surface area contributed by atoms with Crippen LogP contribution < -0.4 is 0 Å². The fourth-order valence-corrected chi connectivity index (χ4v) is 9.14. The second-order valence-electron chi connectivity index (χ2n) is 9.07. The molecule has 0 spiro atoms. The number of thioether (sulfide) groups is 1. The fourth-order valence-electron chi connectivity index (χ4n) is 4.38. The molecule has 0 atom stereocenters. The number of aliphatic hydroxyl groups excluding tert-OH is 2. The first-order valence-electron chi connectivity index (χ1n) is 12.3. The van der Waals surface area contributed by atoms with Crippen LogP contribution >= 0.6 is 45.8 Å². The molecule has 5 aromatic rings. The van der Waals surface area contributed by atoms with Crippen molar-refractivity contribution in [3.05, 3.63) is 83.9 Å². The number of benzene rings is 2. The third-order valence-corrected chi connectivity index (χ3v) is 12.1. The number of hydrogen-bond acceptors (Lipinski definition) is 8. The van der Waals surface area contributed by atoms with Gasteiger partial charge in [-0.15, -0.1) is 45.8 Å². The summed E-state index contributed by atoms with van der Waals surface area (Å²) < 4.78 is 23.7. The maximum absolute atomic E-state index is 11.9. The second-order valence-corrected chi connectivity index (χ2v) is 15.1. The molecule has 5 rings (SSSR count). The van der Waals surface area contributed by atoms with E-state index in [1.807, 2.05) is 12.1 Å². The van der Waals surface area contributed by atoms with E-state index in [0.717, 1.165) is 36.2 Å². The topological polar surface area (TPSA) is 74.6 Å². The van der Waals surface area contributed by atoms with Gasteiger partial charge in [0.05, 0.1) is 4.90 Å². The van der Waals surface area contributed by atoms with E-state index in [4.69, 9.17) is 0 Å². The average Bonchev–Trinajstić information content (AvgIpc) is 3.67. The minimum Gasteiger partial charge on any atom is -0.396 e. The van der Waals surface area contributed by atoms with Gasteiger partial charge >= 0.3 is 0 Å². The molecule has 2 N–H and O–H groups in total. The Morgan fingerprint density at radius 1 is 0.667 bits per heavy atom. The van der Waals surface area contributed by atoms with E-state index in [2.05, 4.69) is 54.8 Å². The Labute approximate surface area is 245 Å². The Hall–Kier alpha value is -2.24. The van der Waals surface area contributed by atoms with Gasteiger partial charge in [-0.25, -0.2) is 8.42 Å². The van der Waals surface area contributed by atoms with Crippen LogP contribution in [0.2, 0.25) is 0 Å². The van der Waals surface area contributed by atoms with Crippen LogP contribution in [0.5, 0.6) is 0 Å². The molecule has 0 unspecified atom stereocenters. The normalized spacial score (nSPS) is 11.8. The van der Waals surface area contributed by atoms with Crippen molar-refractivity contribution in [3.8, 4) is 40.4 Å². The van der Waals surface area contributed by atoms with Crippen molar-refractivity contribution in [2.24, 2.45) is 0 Å². The van der Waals surface area contributed by atoms with Crippen LogP contribution in [0.25, 0.3) is 40.4 Å². The van der Waals surface area contributed by atoms with E-state index in [-0.39, 0.29) is 13.2 Å². The van der Waals surface area contributed by atoms with Crippen LogP contribution in [0, 0.1) is 0 Å². The van der Waals surface area contributed by atoms with Crippen molar-refractivity contribution in [3.63, 3.8) is 0 Å². The summed E-state index contributed by atoms with van der Waals surface area (Å²) in [7, 11) is -3.25. The molecule has 0 radical (unpaired) electrons. The van der Waals surface area contributed by atoms with Crippen molar-refractivity contribution in [2.75, 3.05) is 25.7 Å². The maximum Gasteiger partial charge on any atom is 0.175 e. The lowest BCUT2D eigenvalue weighted by molar-refractivity contribution is 0.299. The third-order valence-electron chi connectivity index (χ3n) is 6.38. The van der Waals surface area contributed by atoms with Gasteiger partial charge in [0, 0.05) is 53.6 Å². The Morgan fingerprint density at radius 3 is 1.54 bits per heavy atom. The number of hydrogen-bond donors (Lipinski definition) is 2. The summed E-state index contributed by atoms with van der Waals surface area (Å²) in [5, 5.41) is 19.5. The molecule has 39 heavy (non-hydrogen) atoms. The standard InChI is InChI=1S/C30H28O4S5/c1-35-23-7-3-19(4-8-23)27-17-21(13-15-31)29(37-27)25-11-12-26(36-25)30-22(14-16-32)18-28(38-30)20-5-9-24(10-6-20)39(2,33)34/h3-12,17-18,31-32H,13-16H2,1-2H3. The minimum atomic E-state index is -3.25. The number of sulfone groups is 1. The first-order valence-corrected chi connectivity index (χ1v) is 17.9. The number of aliphatic hydroxyl groups is 2. The van der Waals surface area contributed by atoms with E-state index in [1.165, 1.54) is 26.5 Å². The first kappa shape index (κ1) is 28.3. The molecular formula is C30H28O4S5. The van der Waals surface area contributed by atoms with Gasteiger partial charge in [-0.3, -0.25) is 0 Å². The minimum absolute atomic E-state index is 0.0542. The summed E-state index contributed by atoms with van der Waals surface area (Å²) in [6.45, 7) is 0.151. The van der Waals surface area contributed by atoms with Crippen LogP contribution in [0.4, 0.5) is 0 Å². The predicted molar refractivity (Wildman–Crippen MR) is 168 cm³/mol. The molecule has 0 saturated heterocycles. The van der Waals surface area contributed by atoms with Gasteiger partial charge in [-0.2, -0.15) is 0 Å². The lowest BCUT2D eigenvalue weighted by Crippen LogP contribution is -1.95. The van der Waals surface area contributed by atoms with Crippen LogP contribution in [0.1, 0.15) is 11.1 Å². The molecule has 0 saturated carbocycles. The molecule has 0 aliphatic heterocycles. The summed E-state index contributed by atoms with van der Waals surface area (Å²) >= 11 is 6.86. The first-order chi connectivity index (χ1) is 18.8. The Morgan fingerprint density at radius 2 is 1.13 bits per heavy atom. The van der Waals surface area contributed by atoms with Crippen molar-refractivity contribution < 1.29 is 18.6 Å². The molecular weight excluding hydrogens is 585 g/mol. The lowest BCUT2D eigenvalue weighted by Gasteiger charge is -2.00. The van der Waals surface area contributed by atoms with Gasteiger partial charge in [0.2, 0.25) is 0 Å². The molecule has 3 aromatic heterocycles. The largest absolute Gasteiger partial charge is 0.396 e. The van der Waals surface area contributed by atoms with Gasteiger partial charge in [0.15, 0.2) is 9.84 Å². The van der Waals surface area contributed by atoms with Gasteiger partial charge in [-0.05, 0) is 89.9 Å². The molecule has 0 aliphatic rings. The smallest absolute Gasteiger partial charge is 0.175 e. The molecule has 0 aliphatic carbocycles. The lowest BCUT2D eigenvalue weighted by atomic mass is 10.1. The highest BCUT2D eigenvalue weighted by Crippen LogP contribution is 2.46. The predicted octanol–water partition coefficient (Wildman–Crippen LogP) is 7.73. The SMILES string of the molecule is CSc1ccc(-c2cc(CCO)c(-c3ccc(-c4sc(-c5ccc(S(C)(=O)=O)cc5)cc4CCO)s3)s2)cc1. The van der Waals surface area contributed by atoms with Crippen LogP contribution in [-0.4, -0.2) is 44.4 Å². The molecule has 0 amide bonds. The zero-order chi connectivity index (χ0) is 27.6. The third kappa shape index (κ3) is 6.25. The fraction of sp³-hybridized carbons (Fsp3) is 0.200. The van der Waals surface area contributed by atoms with Crippen molar-refractivity contribution in [1.82, 2.24) is 0 Å². The highest BCUT2D eigenvalue weighted by molar-refractivity contribution is 7.98. The van der Waals surface area contributed by atoms with Gasteiger partial charge in [0.1, 0.15) is 0 Å². The average molecular weight is 613 g/mol. The molecule has 4 nitrogen and oxygen atoms in total. The summed E-state index contributed by atoms with van der Waals surface area (Å²) in [6.07, 6.45) is 4.43. The zero-order valence-corrected chi connectivity index (χ0v) is 25.6. The quantitative estimate of drug-likeness (QED) is 0.158. The monoisotopic (exact) mass is 612 g/mol. The van der Waals surface area contributed by atoms with Gasteiger partial charge in [-0.1, -0.05) is 24.3 Å². The van der Waals surface area contributed by atoms with E-state index in [1.54, 1.807) is 57.9 Å². The zero-order valence-electron chi connectivity index (χ0n) is 21.5. The van der Waals surface area contributed by atoms with Crippen LogP contribution in [0.15, 0.2) is 82.6 Å². The molecule has 0 bridgehead atoms. The molecule has 3 heterocycles.